The molecule has 1 saturated heterocycles. The molecule has 0 aromatic carbocycles. The number of aliphatic carboxylic acids is 2. The van der Waals surface area contributed by atoms with Gasteiger partial charge in [0.25, 0.3) is 0 Å². The highest BCUT2D eigenvalue weighted by atomic mass is 32.1. The second kappa shape index (κ2) is 10.1. The first-order chi connectivity index (χ1) is 12.6. The Kier molecular flexibility index (Phi) is 8.50. The highest BCUT2D eigenvalue weighted by molar-refractivity contribution is 7.80. The zero-order valence-corrected chi connectivity index (χ0v) is 15.6. The number of carbonyl (C=O) groups excluding carboxylic acids is 3. The number of hydrogen-bond acceptors (Lipinski definition) is 7. The maximum Gasteiger partial charge on any atom is 0.326 e. The van der Waals surface area contributed by atoms with Gasteiger partial charge >= 0.3 is 11.9 Å². The summed E-state index contributed by atoms with van der Waals surface area (Å²) in [4.78, 5) is 59.5. The zero-order chi connectivity index (χ0) is 20.7. The molecule has 0 aromatic rings. The predicted octanol–water partition coefficient (Wildman–Crippen LogP) is -2.22. The molecule has 4 atom stereocenters. The van der Waals surface area contributed by atoms with E-state index >= 15 is 0 Å². The van der Waals surface area contributed by atoms with Crippen molar-refractivity contribution in [3.63, 3.8) is 0 Å². The maximum atomic E-state index is 12.4. The van der Waals surface area contributed by atoms with Crippen LogP contribution in [0.4, 0.5) is 0 Å². The molecule has 1 aliphatic rings. The van der Waals surface area contributed by atoms with Gasteiger partial charge in [0, 0.05) is 12.3 Å². The Hall–Kier alpha value is -2.34. The first kappa shape index (κ1) is 22.7. The van der Waals surface area contributed by atoms with Crippen LogP contribution >= 0.6 is 12.6 Å². The number of rotatable bonds is 9. The van der Waals surface area contributed by atoms with Crippen molar-refractivity contribution in [3.8, 4) is 0 Å². The fourth-order valence-corrected chi connectivity index (χ4v) is 2.92. The highest BCUT2D eigenvalue weighted by Crippen LogP contribution is 2.18. The lowest BCUT2D eigenvalue weighted by Crippen LogP contribution is -2.57. The van der Waals surface area contributed by atoms with Gasteiger partial charge < -0.3 is 31.5 Å². The molecule has 1 rings (SSSR count). The summed E-state index contributed by atoms with van der Waals surface area (Å²) < 4.78 is 0. The van der Waals surface area contributed by atoms with Crippen LogP contribution in [0.5, 0.6) is 0 Å². The summed E-state index contributed by atoms with van der Waals surface area (Å²) in [6, 6.07) is -4.40. The lowest BCUT2D eigenvalue weighted by atomic mass is 10.1. The van der Waals surface area contributed by atoms with E-state index in [0.29, 0.717) is 12.8 Å². The van der Waals surface area contributed by atoms with Gasteiger partial charge in [-0.2, -0.15) is 12.6 Å². The molecule has 0 aliphatic carbocycles. The third-order valence-electron chi connectivity index (χ3n) is 4.10. The third-order valence-corrected chi connectivity index (χ3v) is 4.46. The highest BCUT2D eigenvalue weighted by Gasteiger charge is 2.36. The van der Waals surface area contributed by atoms with Crippen LogP contribution in [0.1, 0.15) is 26.2 Å². The average molecular weight is 404 g/mol. The summed E-state index contributed by atoms with van der Waals surface area (Å²) in [5.41, 5.74) is 5.43. The van der Waals surface area contributed by atoms with Crippen molar-refractivity contribution in [1.82, 2.24) is 15.5 Å². The number of hydrogen-bond donors (Lipinski definition) is 6. The number of nitrogens with zero attached hydrogens (tertiary/aromatic N) is 1. The Balaban J connectivity index is 2.66. The van der Waals surface area contributed by atoms with Gasteiger partial charge in [-0.25, -0.2) is 4.79 Å². The number of nitrogens with two attached hydrogens (primary N) is 1. The first-order valence-electron chi connectivity index (χ1n) is 8.30. The quantitative estimate of drug-likeness (QED) is 0.234. The van der Waals surface area contributed by atoms with Crippen LogP contribution in [0, 0.1) is 0 Å². The van der Waals surface area contributed by atoms with Crippen LogP contribution in [0.25, 0.3) is 0 Å². The number of likely N-dealkylation sites (tertiary alicyclic amines) is 1. The predicted molar refractivity (Wildman–Crippen MR) is 96.0 cm³/mol. The van der Waals surface area contributed by atoms with Crippen molar-refractivity contribution in [1.29, 1.82) is 0 Å². The van der Waals surface area contributed by atoms with E-state index in [1.54, 1.807) is 0 Å². The molecule has 11 nitrogen and oxygen atoms in total. The van der Waals surface area contributed by atoms with Gasteiger partial charge in [-0.05, 0) is 19.8 Å². The smallest absolute Gasteiger partial charge is 0.326 e. The molecule has 12 heteroatoms. The minimum absolute atomic E-state index is 0.111. The Morgan fingerprint density at radius 3 is 2.33 bits per heavy atom. The van der Waals surface area contributed by atoms with Crippen molar-refractivity contribution in [2.45, 2.75) is 50.4 Å². The van der Waals surface area contributed by atoms with E-state index < -0.39 is 60.2 Å². The molecule has 1 aliphatic heterocycles. The molecule has 27 heavy (non-hydrogen) atoms. The van der Waals surface area contributed by atoms with Crippen LogP contribution in [0.3, 0.4) is 0 Å². The summed E-state index contributed by atoms with van der Waals surface area (Å²) in [7, 11) is 0. The average Bonchev–Trinajstić information content (AvgIpc) is 3.07. The maximum absolute atomic E-state index is 12.4. The van der Waals surface area contributed by atoms with Gasteiger partial charge in [-0.15, -0.1) is 0 Å². The number of thiol groups is 1. The van der Waals surface area contributed by atoms with Gasteiger partial charge in [-0.3, -0.25) is 19.2 Å². The largest absolute Gasteiger partial charge is 0.481 e. The van der Waals surface area contributed by atoms with Gasteiger partial charge in [0.1, 0.15) is 18.1 Å². The van der Waals surface area contributed by atoms with Gasteiger partial charge in [-0.1, -0.05) is 0 Å². The normalized spacial score (nSPS) is 19.7. The molecule has 1 heterocycles. The van der Waals surface area contributed by atoms with E-state index in [1.165, 1.54) is 11.8 Å². The molecule has 6 N–H and O–H groups in total. The Bertz CT molecular complexity index is 615. The molecule has 3 amide bonds. The standard InChI is InChI=1S/C15H24N4O7S/c1-7(14(24)19-4-2-3-10(19)15(25)26)17-13(23)9(6-27)18-12(22)8(16)5-11(20)21/h7-10,27H,2-6,16H2,1H3,(H,17,23)(H,18,22)(H,20,21)(H,25,26). The van der Waals surface area contributed by atoms with E-state index in [-0.39, 0.29) is 12.3 Å². The second-order valence-corrected chi connectivity index (χ2v) is 6.57. The van der Waals surface area contributed by atoms with Crippen molar-refractivity contribution < 1.29 is 34.2 Å². The van der Waals surface area contributed by atoms with E-state index in [2.05, 4.69) is 23.3 Å². The number of carboxylic acid groups (broad SMARTS) is 2. The Morgan fingerprint density at radius 2 is 1.81 bits per heavy atom. The number of nitrogens with one attached hydrogen (secondary N) is 2. The first-order valence-corrected chi connectivity index (χ1v) is 8.94. The third kappa shape index (κ3) is 6.40. The van der Waals surface area contributed by atoms with Gasteiger partial charge in [0.2, 0.25) is 17.7 Å². The Morgan fingerprint density at radius 1 is 1.19 bits per heavy atom. The van der Waals surface area contributed by atoms with Crippen LogP contribution in [0.2, 0.25) is 0 Å². The molecule has 152 valence electrons. The molecule has 0 saturated carbocycles. The summed E-state index contributed by atoms with van der Waals surface area (Å²) in [6.45, 7) is 1.69. The monoisotopic (exact) mass is 404 g/mol. The summed E-state index contributed by atoms with van der Waals surface area (Å²) >= 11 is 3.96. The van der Waals surface area contributed by atoms with Crippen molar-refractivity contribution in [2.24, 2.45) is 5.73 Å². The van der Waals surface area contributed by atoms with Gasteiger partial charge in [0.15, 0.2) is 0 Å². The molecule has 1 fully saturated rings. The topological polar surface area (TPSA) is 179 Å². The SMILES string of the molecule is CC(NC(=O)C(CS)NC(=O)C(N)CC(=O)O)C(=O)N1CCCC1C(=O)O. The van der Waals surface area contributed by atoms with Crippen LogP contribution in [-0.2, 0) is 24.0 Å². The minimum atomic E-state index is -1.34. The van der Waals surface area contributed by atoms with E-state index in [9.17, 15) is 24.0 Å². The van der Waals surface area contributed by atoms with Crippen LogP contribution in [0.15, 0.2) is 0 Å². The van der Waals surface area contributed by atoms with Crippen molar-refractivity contribution >= 4 is 42.3 Å². The zero-order valence-electron chi connectivity index (χ0n) is 14.8. The van der Waals surface area contributed by atoms with Crippen LogP contribution in [-0.4, -0.2) is 81.2 Å². The fourth-order valence-electron chi connectivity index (χ4n) is 2.67. The summed E-state index contributed by atoms with van der Waals surface area (Å²) in [6.07, 6.45) is 0.297. The molecule has 0 spiro atoms. The molecule has 0 aromatic heterocycles. The fraction of sp³-hybridized carbons (Fsp3) is 0.667. The lowest BCUT2D eigenvalue weighted by molar-refractivity contribution is -0.149. The van der Waals surface area contributed by atoms with Crippen LogP contribution < -0.4 is 16.4 Å². The molecular formula is C15H24N4O7S. The van der Waals surface area contributed by atoms with Crippen molar-refractivity contribution in [3.05, 3.63) is 0 Å². The molecular weight excluding hydrogens is 380 g/mol. The Labute approximate surface area is 161 Å². The van der Waals surface area contributed by atoms with Crippen molar-refractivity contribution in [2.75, 3.05) is 12.3 Å². The number of carboxylic acids is 2. The molecule has 0 radical (unpaired) electrons. The van der Waals surface area contributed by atoms with E-state index in [4.69, 9.17) is 15.9 Å². The lowest BCUT2D eigenvalue weighted by Gasteiger charge is -2.26. The number of amides is 3. The molecule has 4 unspecified atom stereocenters. The van der Waals surface area contributed by atoms with E-state index in [1.807, 2.05) is 0 Å². The second-order valence-electron chi connectivity index (χ2n) is 6.21. The summed E-state index contributed by atoms with van der Waals surface area (Å²) in [5, 5.41) is 22.5. The minimum Gasteiger partial charge on any atom is -0.481 e. The summed E-state index contributed by atoms with van der Waals surface area (Å²) in [5.74, 6) is -4.57. The number of carbonyl (C=O) groups is 5. The van der Waals surface area contributed by atoms with E-state index in [0.717, 1.165) is 0 Å². The molecule has 0 bridgehead atoms. The van der Waals surface area contributed by atoms with Gasteiger partial charge in [0.05, 0.1) is 12.5 Å².